The lowest BCUT2D eigenvalue weighted by Gasteiger charge is -2.33. The van der Waals surface area contributed by atoms with Crippen LogP contribution in [0, 0.1) is 17.5 Å². The molecule has 30 heavy (non-hydrogen) atoms. The number of benzene rings is 2. The molecule has 0 heterocycles. The smallest absolute Gasteiger partial charge is 0.243 e. The van der Waals surface area contributed by atoms with Gasteiger partial charge in [-0.3, -0.25) is 4.79 Å². The summed E-state index contributed by atoms with van der Waals surface area (Å²) in [6, 6.07) is 7.23. The number of hydrogen-bond donors (Lipinski definition) is 1. The molecule has 5 nitrogen and oxygen atoms in total. The highest BCUT2D eigenvalue weighted by atomic mass is 79.9. The number of carbonyl (C=O) groups is 1. The number of carbonyl (C=O) groups excluding carboxylic acids is 1. The second-order valence-electron chi connectivity index (χ2n) is 7.07. The molecule has 162 valence electrons. The van der Waals surface area contributed by atoms with Crippen LogP contribution >= 0.6 is 15.9 Å². The van der Waals surface area contributed by atoms with Gasteiger partial charge >= 0.3 is 0 Å². The summed E-state index contributed by atoms with van der Waals surface area (Å²) in [5.74, 6) is -5.47. The summed E-state index contributed by atoms with van der Waals surface area (Å²) in [5, 5.41) is 2.15. The molecule has 0 bridgehead atoms. The van der Waals surface area contributed by atoms with Crippen molar-refractivity contribution < 1.29 is 26.4 Å². The topological polar surface area (TPSA) is 66.5 Å². The third-order valence-electron chi connectivity index (χ3n) is 5.01. The van der Waals surface area contributed by atoms with Gasteiger partial charge in [-0.25, -0.2) is 21.6 Å². The lowest BCUT2D eigenvalue weighted by molar-refractivity contribution is -0.116. The highest BCUT2D eigenvalue weighted by Crippen LogP contribution is 2.29. The quantitative estimate of drug-likeness (QED) is 0.573. The van der Waals surface area contributed by atoms with Gasteiger partial charge in [0.2, 0.25) is 15.9 Å². The summed E-state index contributed by atoms with van der Waals surface area (Å²) >= 11 is 3.26. The lowest BCUT2D eigenvalue weighted by Crippen LogP contribution is -2.45. The van der Waals surface area contributed by atoms with Crippen molar-refractivity contribution in [2.24, 2.45) is 0 Å². The average molecular weight is 505 g/mol. The van der Waals surface area contributed by atoms with Gasteiger partial charge in [-0.2, -0.15) is 4.31 Å². The summed E-state index contributed by atoms with van der Waals surface area (Å²) in [6.07, 6.45) is 3.84. The van der Waals surface area contributed by atoms with Crippen molar-refractivity contribution in [3.63, 3.8) is 0 Å². The van der Waals surface area contributed by atoms with E-state index in [1.54, 1.807) is 12.1 Å². The molecule has 1 aliphatic rings. The van der Waals surface area contributed by atoms with Crippen molar-refractivity contribution in [3.8, 4) is 0 Å². The first-order valence-electron chi connectivity index (χ1n) is 9.41. The molecule has 1 aliphatic carbocycles. The number of halogens is 4. The fraction of sp³-hybridized carbons (Fsp3) is 0.350. The summed E-state index contributed by atoms with van der Waals surface area (Å²) in [4.78, 5) is 12.6. The molecule has 1 fully saturated rings. The van der Waals surface area contributed by atoms with Crippen LogP contribution in [0.15, 0.2) is 45.8 Å². The standard InChI is InChI=1S/C20H20BrF3N2O3S/c21-13-6-8-15(9-7-13)30(28,29)26(14-4-2-1-3-5-14)12-18(27)25-17-11-10-16(22)19(23)20(17)24/h6-11,14H,1-5,12H2,(H,25,27). The molecule has 10 heteroatoms. The number of nitrogens with zero attached hydrogens (tertiary/aromatic N) is 1. The van der Waals surface area contributed by atoms with Crippen molar-refractivity contribution in [2.45, 2.75) is 43.0 Å². The van der Waals surface area contributed by atoms with Crippen LogP contribution in [0.3, 0.4) is 0 Å². The molecule has 0 saturated heterocycles. The molecule has 0 unspecified atom stereocenters. The first-order chi connectivity index (χ1) is 14.2. The maximum absolute atomic E-state index is 13.9. The predicted octanol–water partition coefficient (Wildman–Crippen LogP) is 4.83. The molecule has 2 aromatic carbocycles. The zero-order chi connectivity index (χ0) is 21.9. The van der Waals surface area contributed by atoms with Gasteiger partial charge in [0.05, 0.1) is 17.1 Å². The number of rotatable bonds is 6. The van der Waals surface area contributed by atoms with Crippen LogP contribution in [0.25, 0.3) is 0 Å². The summed E-state index contributed by atoms with van der Waals surface area (Å²) < 4.78 is 68.7. The molecule has 1 N–H and O–H groups in total. The Morgan fingerprint density at radius 3 is 2.27 bits per heavy atom. The number of nitrogens with one attached hydrogen (secondary N) is 1. The van der Waals surface area contributed by atoms with Crippen molar-refractivity contribution in [1.82, 2.24) is 4.31 Å². The minimum Gasteiger partial charge on any atom is -0.322 e. The molecule has 2 aromatic rings. The molecular formula is C20H20BrF3N2O3S. The zero-order valence-corrected chi connectivity index (χ0v) is 18.3. The summed E-state index contributed by atoms with van der Waals surface area (Å²) in [7, 11) is -4.01. The van der Waals surface area contributed by atoms with Crippen LogP contribution in [-0.2, 0) is 14.8 Å². The van der Waals surface area contributed by atoms with E-state index in [4.69, 9.17) is 0 Å². The third kappa shape index (κ3) is 5.04. The Labute approximate surface area is 181 Å². The van der Waals surface area contributed by atoms with Crippen molar-refractivity contribution in [2.75, 3.05) is 11.9 Å². The monoisotopic (exact) mass is 504 g/mol. The molecule has 0 aliphatic heterocycles. The Balaban J connectivity index is 1.86. The molecule has 3 rings (SSSR count). The molecule has 0 radical (unpaired) electrons. The van der Waals surface area contributed by atoms with Crippen LogP contribution in [0.2, 0.25) is 0 Å². The summed E-state index contributed by atoms with van der Waals surface area (Å²) in [6.45, 7) is -0.568. The Morgan fingerprint density at radius 1 is 1.00 bits per heavy atom. The third-order valence-corrected chi connectivity index (χ3v) is 7.45. The molecule has 1 saturated carbocycles. The number of hydrogen-bond acceptors (Lipinski definition) is 3. The van der Waals surface area contributed by atoms with E-state index < -0.39 is 45.6 Å². The van der Waals surface area contributed by atoms with Gasteiger partial charge in [-0.1, -0.05) is 35.2 Å². The van der Waals surface area contributed by atoms with Crippen LogP contribution in [0.4, 0.5) is 18.9 Å². The maximum Gasteiger partial charge on any atom is 0.243 e. The first-order valence-corrected chi connectivity index (χ1v) is 11.6. The van der Waals surface area contributed by atoms with E-state index in [9.17, 15) is 26.4 Å². The van der Waals surface area contributed by atoms with Gasteiger partial charge in [0.1, 0.15) is 0 Å². The lowest BCUT2D eigenvalue weighted by atomic mass is 9.95. The van der Waals surface area contributed by atoms with Gasteiger partial charge in [0.25, 0.3) is 0 Å². The van der Waals surface area contributed by atoms with E-state index in [0.29, 0.717) is 23.4 Å². The van der Waals surface area contributed by atoms with E-state index in [1.807, 2.05) is 0 Å². The van der Waals surface area contributed by atoms with E-state index in [2.05, 4.69) is 21.2 Å². The zero-order valence-electron chi connectivity index (χ0n) is 15.9. The number of sulfonamides is 1. The van der Waals surface area contributed by atoms with Crippen LogP contribution in [-0.4, -0.2) is 31.2 Å². The van der Waals surface area contributed by atoms with Gasteiger partial charge in [0, 0.05) is 10.5 Å². The average Bonchev–Trinajstić information content (AvgIpc) is 2.73. The normalized spacial score (nSPS) is 15.4. The highest BCUT2D eigenvalue weighted by molar-refractivity contribution is 9.10. The number of amides is 1. The van der Waals surface area contributed by atoms with E-state index in [1.165, 1.54) is 12.1 Å². The second kappa shape index (κ2) is 9.49. The molecular weight excluding hydrogens is 485 g/mol. The highest BCUT2D eigenvalue weighted by Gasteiger charge is 2.34. The molecule has 0 atom stereocenters. The van der Waals surface area contributed by atoms with Crippen molar-refractivity contribution in [3.05, 3.63) is 58.3 Å². The van der Waals surface area contributed by atoms with Gasteiger partial charge < -0.3 is 5.32 Å². The molecule has 1 amide bonds. The van der Waals surface area contributed by atoms with Gasteiger partial charge in [-0.05, 0) is 49.2 Å². The van der Waals surface area contributed by atoms with E-state index >= 15 is 0 Å². The minimum atomic E-state index is -4.01. The first kappa shape index (κ1) is 22.8. The minimum absolute atomic E-state index is 0.0306. The second-order valence-corrected chi connectivity index (χ2v) is 9.87. The van der Waals surface area contributed by atoms with Crippen LogP contribution in [0.1, 0.15) is 32.1 Å². The molecule has 0 spiro atoms. The fourth-order valence-electron chi connectivity index (χ4n) is 3.48. The Bertz CT molecular complexity index is 1030. The Hall–Kier alpha value is -1.91. The van der Waals surface area contributed by atoms with Crippen LogP contribution < -0.4 is 5.32 Å². The van der Waals surface area contributed by atoms with Crippen LogP contribution in [0.5, 0.6) is 0 Å². The van der Waals surface area contributed by atoms with Crippen molar-refractivity contribution >= 4 is 37.5 Å². The Kier molecular flexibility index (Phi) is 7.20. The maximum atomic E-state index is 13.9. The summed E-state index contributed by atoms with van der Waals surface area (Å²) in [5.41, 5.74) is -0.552. The van der Waals surface area contributed by atoms with Gasteiger partial charge in [0.15, 0.2) is 17.5 Å². The SMILES string of the molecule is O=C(CN(C1CCCCC1)S(=O)(=O)c1ccc(Br)cc1)Nc1ccc(F)c(F)c1F. The van der Waals surface area contributed by atoms with E-state index in [-0.39, 0.29) is 10.9 Å². The fourth-order valence-corrected chi connectivity index (χ4v) is 5.38. The van der Waals surface area contributed by atoms with Gasteiger partial charge in [-0.15, -0.1) is 0 Å². The largest absolute Gasteiger partial charge is 0.322 e. The van der Waals surface area contributed by atoms with E-state index in [0.717, 1.165) is 29.6 Å². The van der Waals surface area contributed by atoms with Crippen molar-refractivity contribution in [1.29, 1.82) is 0 Å². The Morgan fingerprint density at radius 2 is 1.63 bits per heavy atom. The number of anilines is 1. The predicted molar refractivity (Wildman–Crippen MR) is 110 cm³/mol. The molecule has 0 aromatic heterocycles.